The summed E-state index contributed by atoms with van der Waals surface area (Å²) in [5.74, 6) is -2.70. The van der Waals surface area contributed by atoms with Gasteiger partial charge in [0.25, 0.3) is 5.56 Å². The van der Waals surface area contributed by atoms with Gasteiger partial charge in [0, 0.05) is 17.8 Å². The van der Waals surface area contributed by atoms with E-state index in [1.807, 2.05) is 0 Å². The average Bonchev–Trinajstić information content (AvgIpc) is 2.57. The molecule has 2 heterocycles. The number of nitrogens with zero attached hydrogens (tertiary/aromatic N) is 1. The molecule has 0 aliphatic carbocycles. The predicted molar refractivity (Wildman–Crippen MR) is 85.0 cm³/mol. The maximum Gasteiger partial charge on any atom is 0.340 e. The van der Waals surface area contributed by atoms with Crippen LogP contribution in [-0.4, -0.2) is 17.0 Å². The number of aromatic nitrogens is 1. The normalized spacial score (nSPS) is 10.8. The van der Waals surface area contributed by atoms with Gasteiger partial charge in [-0.3, -0.25) is 9.20 Å². The van der Waals surface area contributed by atoms with E-state index in [0.717, 1.165) is 12.1 Å². The fourth-order valence-corrected chi connectivity index (χ4v) is 2.55. The number of esters is 1. The highest BCUT2D eigenvalue weighted by Crippen LogP contribution is 2.27. The minimum absolute atomic E-state index is 0.128. The molecule has 3 rings (SSSR count). The van der Waals surface area contributed by atoms with Gasteiger partial charge >= 0.3 is 5.97 Å². The number of halogens is 2. The van der Waals surface area contributed by atoms with Crippen molar-refractivity contribution in [3.63, 3.8) is 0 Å². The second-order valence-electron chi connectivity index (χ2n) is 5.08. The first kappa shape index (κ1) is 15.9. The lowest BCUT2D eigenvalue weighted by Gasteiger charge is -2.13. The first-order valence-corrected chi connectivity index (χ1v) is 7.30. The SMILES string of the molecule is CCOC(=O)c1c(-c2ccc(F)c(F)c2)cc(=O)n2ccccc12. The highest BCUT2D eigenvalue weighted by molar-refractivity contribution is 6.03. The molecule has 0 saturated heterocycles. The summed E-state index contributed by atoms with van der Waals surface area (Å²) >= 11 is 0. The van der Waals surface area contributed by atoms with Crippen molar-refractivity contribution >= 4 is 11.5 Å². The van der Waals surface area contributed by atoms with Crippen molar-refractivity contribution in [3.8, 4) is 11.1 Å². The van der Waals surface area contributed by atoms with Gasteiger partial charge in [-0.2, -0.15) is 0 Å². The van der Waals surface area contributed by atoms with Crippen LogP contribution in [0.3, 0.4) is 0 Å². The maximum atomic E-state index is 13.6. The summed E-state index contributed by atoms with van der Waals surface area (Å²) in [6.07, 6.45) is 1.52. The van der Waals surface area contributed by atoms with Crippen LogP contribution in [0.15, 0.2) is 53.5 Å². The number of carbonyl (C=O) groups is 1. The van der Waals surface area contributed by atoms with E-state index >= 15 is 0 Å². The van der Waals surface area contributed by atoms with Gasteiger partial charge < -0.3 is 4.74 Å². The third kappa shape index (κ3) is 2.67. The lowest BCUT2D eigenvalue weighted by atomic mass is 9.99. The van der Waals surface area contributed by atoms with Crippen LogP contribution in [-0.2, 0) is 4.74 Å². The number of fused-ring (bicyclic) bond motifs is 1. The molecule has 0 unspecified atom stereocenters. The van der Waals surface area contributed by atoms with Gasteiger partial charge in [0.05, 0.1) is 17.7 Å². The number of rotatable bonds is 3. The predicted octanol–water partition coefficient (Wildman–Crippen LogP) is 3.42. The van der Waals surface area contributed by atoms with Crippen LogP contribution < -0.4 is 5.56 Å². The Bertz CT molecular complexity index is 995. The molecule has 0 bridgehead atoms. The molecule has 0 aliphatic rings. The van der Waals surface area contributed by atoms with Crippen LogP contribution in [0.25, 0.3) is 16.6 Å². The molecular formula is C18H13F2NO3. The lowest BCUT2D eigenvalue weighted by Crippen LogP contribution is -2.18. The summed E-state index contributed by atoms with van der Waals surface area (Å²) in [6, 6.07) is 9.35. The molecule has 0 fully saturated rings. The van der Waals surface area contributed by atoms with Gasteiger partial charge in [-0.05, 0) is 36.8 Å². The monoisotopic (exact) mass is 329 g/mol. The van der Waals surface area contributed by atoms with E-state index in [0.29, 0.717) is 5.52 Å². The van der Waals surface area contributed by atoms with Crippen molar-refractivity contribution < 1.29 is 18.3 Å². The fourth-order valence-electron chi connectivity index (χ4n) is 2.55. The summed E-state index contributed by atoms with van der Waals surface area (Å²) in [6.45, 7) is 1.81. The third-order valence-electron chi connectivity index (χ3n) is 3.60. The fraction of sp³-hybridized carbons (Fsp3) is 0.111. The van der Waals surface area contributed by atoms with Gasteiger partial charge in [0.2, 0.25) is 0 Å². The van der Waals surface area contributed by atoms with E-state index < -0.39 is 23.2 Å². The molecule has 1 aromatic carbocycles. The van der Waals surface area contributed by atoms with Crippen LogP contribution >= 0.6 is 0 Å². The zero-order valence-electron chi connectivity index (χ0n) is 12.8. The van der Waals surface area contributed by atoms with Crippen molar-refractivity contribution in [3.05, 3.63) is 76.2 Å². The molecule has 2 aromatic heterocycles. The largest absolute Gasteiger partial charge is 0.462 e. The number of ether oxygens (including phenoxy) is 1. The van der Waals surface area contributed by atoms with E-state index in [1.54, 1.807) is 25.1 Å². The van der Waals surface area contributed by atoms with Crippen molar-refractivity contribution in [2.75, 3.05) is 6.61 Å². The van der Waals surface area contributed by atoms with Gasteiger partial charge in [-0.25, -0.2) is 13.6 Å². The average molecular weight is 329 g/mol. The van der Waals surface area contributed by atoms with Crippen molar-refractivity contribution in [1.82, 2.24) is 4.40 Å². The minimum Gasteiger partial charge on any atom is -0.462 e. The number of benzene rings is 1. The maximum absolute atomic E-state index is 13.6. The molecule has 3 aromatic rings. The first-order valence-electron chi connectivity index (χ1n) is 7.30. The van der Waals surface area contributed by atoms with Crippen molar-refractivity contribution in [2.24, 2.45) is 0 Å². The number of hydrogen-bond donors (Lipinski definition) is 0. The Morgan fingerprint density at radius 3 is 2.62 bits per heavy atom. The summed E-state index contributed by atoms with van der Waals surface area (Å²) in [7, 11) is 0. The molecule has 6 heteroatoms. The molecule has 0 atom stereocenters. The van der Waals surface area contributed by atoms with Crippen LogP contribution in [0.5, 0.6) is 0 Å². The molecule has 0 spiro atoms. The zero-order valence-corrected chi connectivity index (χ0v) is 12.8. The van der Waals surface area contributed by atoms with Crippen molar-refractivity contribution in [1.29, 1.82) is 0 Å². The Morgan fingerprint density at radius 2 is 1.92 bits per heavy atom. The Kier molecular flexibility index (Phi) is 4.12. The number of carbonyl (C=O) groups excluding carboxylic acids is 1. The summed E-state index contributed by atoms with van der Waals surface area (Å²) in [5, 5.41) is 0. The standard InChI is InChI=1S/C18H13F2NO3/c1-2-24-18(23)17-12(11-6-7-13(19)14(20)9-11)10-16(22)21-8-4-3-5-15(17)21/h3-10H,2H2,1H3. The minimum atomic E-state index is -1.06. The Morgan fingerprint density at radius 1 is 1.12 bits per heavy atom. The van der Waals surface area contributed by atoms with Gasteiger partial charge in [-0.15, -0.1) is 0 Å². The smallest absolute Gasteiger partial charge is 0.340 e. The second kappa shape index (κ2) is 6.23. The number of pyridine rings is 2. The highest BCUT2D eigenvalue weighted by atomic mass is 19.2. The van der Waals surface area contributed by atoms with Gasteiger partial charge in [0.15, 0.2) is 11.6 Å². The Hall–Kier alpha value is -3.02. The quantitative estimate of drug-likeness (QED) is 0.692. The van der Waals surface area contributed by atoms with Crippen LogP contribution in [0, 0.1) is 11.6 Å². The summed E-state index contributed by atoms with van der Waals surface area (Å²) in [5.41, 5.74) is 0.494. The Labute approximate surface area is 135 Å². The molecule has 0 saturated carbocycles. The van der Waals surface area contributed by atoms with E-state index in [9.17, 15) is 18.4 Å². The van der Waals surface area contributed by atoms with E-state index in [-0.39, 0.29) is 23.3 Å². The first-order chi connectivity index (χ1) is 11.5. The summed E-state index contributed by atoms with van der Waals surface area (Å²) in [4.78, 5) is 24.7. The molecule has 122 valence electrons. The van der Waals surface area contributed by atoms with Gasteiger partial charge in [0.1, 0.15) is 0 Å². The molecule has 4 nitrogen and oxygen atoms in total. The van der Waals surface area contributed by atoms with Crippen LogP contribution in [0.4, 0.5) is 8.78 Å². The van der Waals surface area contributed by atoms with E-state index in [4.69, 9.17) is 4.74 Å². The molecule has 0 amide bonds. The van der Waals surface area contributed by atoms with Crippen LogP contribution in [0.1, 0.15) is 17.3 Å². The molecule has 24 heavy (non-hydrogen) atoms. The highest BCUT2D eigenvalue weighted by Gasteiger charge is 2.20. The second-order valence-corrected chi connectivity index (χ2v) is 5.08. The summed E-state index contributed by atoms with van der Waals surface area (Å²) < 4.78 is 33.2. The van der Waals surface area contributed by atoms with E-state index in [2.05, 4.69) is 0 Å². The zero-order chi connectivity index (χ0) is 17.3. The molecule has 0 aliphatic heterocycles. The number of hydrogen-bond acceptors (Lipinski definition) is 3. The topological polar surface area (TPSA) is 47.8 Å². The lowest BCUT2D eigenvalue weighted by molar-refractivity contribution is 0.0529. The van der Waals surface area contributed by atoms with Crippen molar-refractivity contribution in [2.45, 2.75) is 6.92 Å². The van der Waals surface area contributed by atoms with Gasteiger partial charge in [-0.1, -0.05) is 12.1 Å². The third-order valence-corrected chi connectivity index (χ3v) is 3.60. The van der Waals surface area contributed by atoms with Crippen LogP contribution in [0.2, 0.25) is 0 Å². The molecular weight excluding hydrogens is 316 g/mol. The van der Waals surface area contributed by atoms with E-state index in [1.165, 1.54) is 22.7 Å². The molecule has 0 N–H and O–H groups in total. The molecule has 0 radical (unpaired) electrons. The Balaban J connectivity index is 2.37.